The SMILES string of the molecule is CC.CC.Nc1n[nH]c(C(=O)N2CCCC2)n1. The van der Waals surface area contributed by atoms with Gasteiger partial charge in [0.1, 0.15) is 0 Å². The number of carbonyl (C=O) groups is 1. The average molecular weight is 241 g/mol. The van der Waals surface area contributed by atoms with Crippen LogP contribution >= 0.6 is 0 Å². The highest BCUT2D eigenvalue weighted by atomic mass is 16.2. The number of hydrogen-bond donors (Lipinski definition) is 2. The standard InChI is InChI=1S/C7H11N5O.2C2H6/c8-7-9-5(10-11-7)6(13)12-3-1-2-4-12;2*1-2/h1-4H2,(H3,8,9,10,11);2*1-2H3. The molecule has 1 aromatic rings. The lowest BCUT2D eigenvalue weighted by molar-refractivity contribution is 0.0781. The van der Waals surface area contributed by atoms with Gasteiger partial charge in [-0.15, -0.1) is 5.10 Å². The quantitative estimate of drug-likeness (QED) is 0.783. The maximum atomic E-state index is 11.6. The van der Waals surface area contributed by atoms with Gasteiger partial charge in [0, 0.05) is 13.1 Å². The maximum absolute atomic E-state index is 11.6. The minimum atomic E-state index is -0.110. The Hall–Kier alpha value is -1.59. The zero-order valence-corrected chi connectivity index (χ0v) is 11.2. The van der Waals surface area contributed by atoms with Gasteiger partial charge in [-0.05, 0) is 12.8 Å². The van der Waals surface area contributed by atoms with E-state index in [2.05, 4.69) is 15.2 Å². The number of nitrogen functional groups attached to an aromatic ring is 1. The first-order chi connectivity index (χ1) is 8.27. The van der Waals surface area contributed by atoms with Crippen LogP contribution in [0.3, 0.4) is 0 Å². The number of amides is 1. The van der Waals surface area contributed by atoms with E-state index in [-0.39, 0.29) is 17.7 Å². The molecule has 0 unspecified atom stereocenters. The molecule has 0 aromatic carbocycles. The largest absolute Gasteiger partial charge is 0.366 e. The van der Waals surface area contributed by atoms with Gasteiger partial charge in [0.2, 0.25) is 11.8 Å². The van der Waals surface area contributed by atoms with E-state index in [9.17, 15) is 4.79 Å². The molecule has 17 heavy (non-hydrogen) atoms. The number of aromatic nitrogens is 3. The highest BCUT2D eigenvalue weighted by Crippen LogP contribution is 2.10. The molecule has 1 amide bonds. The Morgan fingerprint density at radius 2 is 1.76 bits per heavy atom. The van der Waals surface area contributed by atoms with Gasteiger partial charge in [-0.2, -0.15) is 4.98 Å². The van der Waals surface area contributed by atoms with Crippen molar-refractivity contribution in [2.75, 3.05) is 18.8 Å². The Morgan fingerprint density at radius 3 is 2.18 bits per heavy atom. The van der Waals surface area contributed by atoms with Crippen LogP contribution in [0.5, 0.6) is 0 Å². The van der Waals surface area contributed by atoms with E-state index in [1.54, 1.807) is 4.90 Å². The van der Waals surface area contributed by atoms with E-state index in [1.807, 2.05) is 27.7 Å². The Labute approximate surface area is 103 Å². The molecular formula is C11H23N5O. The van der Waals surface area contributed by atoms with Gasteiger partial charge in [0.15, 0.2) is 0 Å². The molecule has 0 spiro atoms. The average Bonchev–Trinajstić information content (AvgIpc) is 3.04. The number of nitrogens with zero attached hydrogens (tertiary/aromatic N) is 3. The summed E-state index contributed by atoms with van der Waals surface area (Å²) in [4.78, 5) is 17.1. The van der Waals surface area contributed by atoms with Crippen LogP contribution < -0.4 is 5.73 Å². The fraction of sp³-hybridized carbons (Fsp3) is 0.727. The highest BCUT2D eigenvalue weighted by Gasteiger charge is 2.21. The molecule has 3 N–H and O–H groups in total. The van der Waals surface area contributed by atoms with Crippen molar-refractivity contribution in [2.24, 2.45) is 0 Å². The van der Waals surface area contributed by atoms with Crippen molar-refractivity contribution in [3.05, 3.63) is 5.82 Å². The summed E-state index contributed by atoms with van der Waals surface area (Å²) < 4.78 is 0. The molecule has 2 rings (SSSR count). The fourth-order valence-electron chi connectivity index (χ4n) is 1.44. The summed E-state index contributed by atoms with van der Waals surface area (Å²) in [5.74, 6) is 0.239. The van der Waals surface area contributed by atoms with Crippen LogP contribution in [0, 0.1) is 0 Å². The Balaban J connectivity index is 0.000000581. The lowest BCUT2D eigenvalue weighted by atomic mass is 10.4. The Kier molecular flexibility index (Phi) is 7.75. The number of aromatic amines is 1. The van der Waals surface area contributed by atoms with Crippen molar-refractivity contribution >= 4 is 11.9 Å². The summed E-state index contributed by atoms with van der Waals surface area (Å²) in [5, 5.41) is 6.11. The molecule has 0 radical (unpaired) electrons. The molecule has 1 aliphatic rings. The van der Waals surface area contributed by atoms with Crippen LogP contribution in [0.15, 0.2) is 0 Å². The third-order valence-electron chi connectivity index (χ3n) is 2.10. The van der Waals surface area contributed by atoms with Crippen molar-refractivity contribution in [1.82, 2.24) is 20.1 Å². The van der Waals surface area contributed by atoms with E-state index >= 15 is 0 Å². The van der Waals surface area contributed by atoms with Gasteiger partial charge in [-0.1, -0.05) is 27.7 Å². The lowest BCUT2D eigenvalue weighted by Gasteiger charge is -2.11. The second kappa shape index (κ2) is 8.55. The number of anilines is 1. The molecule has 0 bridgehead atoms. The Morgan fingerprint density at radius 1 is 1.24 bits per heavy atom. The van der Waals surface area contributed by atoms with Crippen LogP contribution in [0.2, 0.25) is 0 Å². The van der Waals surface area contributed by atoms with Crippen molar-refractivity contribution in [3.8, 4) is 0 Å². The minimum absolute atomic E-state index is 0.110. The molecule has 0 aliphatic carbocycles. The van der Waals surface area contributed by atoms with Gasteiger partial charge < -0.3 is 10.6 Å². The molecule has 1 saturated heterocycles. The van der Waals surface area contributed by atoms with Gasteiger partial charge >= 0.3 is 0 Å². The van der Waals surface area contributed by atoms with Crippen LogP contribution in [0.25, 0.3) is 0 Å². The predicted octanol–water partition coefficient (Wildman–Crippen LogP) is 1.68. The van der Waals surface area contributed by atoms with Crippen molar-refractivity contribution in [2.45, 2.75) is 40.5 Å². The third kappa shape index (κ3) is 4.42. The summed E-state index contributed by atoms with van der Waals surface area (Å²) in [6, 6.07) is 0. The summed E-state index contributed by atoms with van der Waals surface area (Å²) in [6.07, 6.45) is 2.13. The van der Waals surface area contributed by atoms with E-state index < -0.39 is 0 Å². The number of H-pyrrole nitrogens is 1. The lowest BCUT2D eigenvalue weighted by Crippen LogP contribution is -2.28. The summed E-state index contributed by atoms with van der Waals surface area (Å²) in [5.41, 5.74) is 5.29. The third-order valence-corrected chi connectivity index (χ3v) is 2.10. The Bertz CT molecular complexity index is 317. The van der Waals surface area contributed by atoms with Gasteiger partial charge in [0.05, 0.1) is 0 Å². The molecular weight excluding hydrogens is 218 g/mol. The number of carbonyl (C=O) groups excluding carboxylic acids is 1. The molecule has 6 nitrogen and oxygen atoms in total. The van der Waals surface area contributed by atoms with Gasteiger partial charge in [-0.25, -0.2) is 0 Å². The van der Waals surface area contributed by atoms with Crippen molar-refractivity contribution in [1.29, 1.82) is 0 Å². The smallest absolute Gasteiger partial charge is 0.291 e. The number of likely N-dealkylation sites (tertiary alicyclic amines) is 1. The summed E-state index contributed by atoms with van der Waals surface area (Å²) in [7, 11) is 0. The molecule has 2 heterocycles. The van der Waals surface area contributed by atoms with Crippen molar-refractivity contribution in [3.63, 3.8) is 0 Å². The fourth-order valence-corrected chi connectivity index (χ4v) is 1.44. The maximum Gasteiger partial charge on any atom is 0.291 e. The minimum Gasteiger partial charge on any atom is -0.366 e. The van der Waals surface area contributed by atoms with E-state index in [1.165, 1.54) is 0 Å². The first kappa shape index (κ1) is 15.4. The molecule has 6 heteroatoms. The van der Waals surface area contributed by atoms with Gasteiger partial charge in [0.25, 0.3) is 5.91 Å². The number of nitrogens with one attached hydrogen (secondary N) is 1. The monoisotopic (exact) mass is 241 g/mol. The first-order valence-corrected chi connectivity index (χ1v) is 6.24. The zero-order valence-electron chi connectivity index (χ0n) is 11.2. The van der Waals surface area contributed by atoms with Crippen LogP contribution in [-0.4, -0.2) is 39.1 Å². The van der Waals surface area contributed by atoms with Crippen LogP contribution in [-0.2, 0) is 0 Å². The zero-order chi connectivity index (χ0) is 13.3. The molecule has 1 fully saturated rings. The molecule has 0 atom stereocenters. The van der Waals surface area contributed by atoms with Gasteiger partial charge in [-0.3, -0.25) is 9.89 Å². The predicted molar refractivity (Wildman–Crippen MR) is 68.6 cm³/mol. The van der Waals surface area contributed by atoms with Crippen molar-refractivity contribution < 1.29 is 4.79 Å². The van der Waals surface area contributed by atoms with E-state index in [0.29, 0.717) is 0 Å². The molecule has 1 aromatic heterocycles. The van der Waals surface area contributed by atoms with E-state index in [4.69, 9.17) is 5.73 Å². The van der Waals surface area contributed by atoms with Crippen LogP contribution in [0.1, 0.15) is 51.2 Å². The highest BCUT2D eigenvalue weighted by molar-refractivity contribution is 5.90. The topological polar surface area (TPSA) is 87.9 Å². The normalized spacial score (nSPS) is 13.3. The summed E-state index contributed by atoms with van der Waals surface area (Å²) >= 11 is 0. The second-order valence-electron chi connectivity index (χ2n) is 3.04. The number of nitrogens with two attached hydrogens (primary N) is 1. The second-order valence-corrected chi connectivity index (χ2v) is 3.04. The molecule has 1 aliphatic heterocycles. The first-order valence-electron chi connectivity index (χ1n) is 6.24. The van der Waals surface area contributed by atoms with E-state index in [0.717, 1.165) is 25.9 Å². The summed E-state index contributed by atoms with van der Waals surface area (Å²) in [6.45, 7) is 9.61. The number of hydrogen-bond acceptors (Lipinski definition) is 4. The van der Waals surface area contributed by atoms with Crippen LogP contribution in [0.4, 0.5) is 5.95 Å². The molecule has 0 saturated carbocycles. The molecule has 98 valence electrons. The number of rotatable bonds is 1.